The minimum absolute atomic E-state index is 0.143. The molecule has 88 valence electrons. The van der Waals surface area contributed by atoms with Gasteiger partial charge in [0.1, 0.15) is 11.4 Å². The van der Waals surface area contributed by atoms with Crippen molar-refractivity contribution >= 4 is 16.5 Å². The quantitative estimate of drug-likeness (QED) is 0.881. The van der Waals surface area contributed by atoms with Crippen molar-refractivity contribution in [2.24, 2.45) is 0 Å². The molecule has 0 amide bonds. The summed E-state index contributed by atoms with van der Waals surface area (Å²) in [6.45, 7) is 4.19. The molecule has 1 aliphatic heterocycles. The average Bonchev–Trinajstić information content (AvgIpc) is 2.86. The molecule has 1 aliphatic rings. The number of nitrogens with one attached hydrogen (secondary N) is 1. The van der Waals surface area contributed by atoms with Crippen LogP contribution in [-0.2, 0) is 0 Å². The molecule has 0 radical (unpaired) electrons. The van der Waals surface area contributed by atoms with E-state index in [0.717, 1.165) is 10.9 Å². The first-order chi connectivity index (χ1) is 8.17. The van der Waals surface area contributed by atoms with Crippen molar-refractivity contribution in [3.63, 3.8) is 0 Å². The van der Waals surface area contributed by atoms with Gasteiger partial charge in [-0.25, -0.2) is 4.98 Å². The maximum atomic E-state index is 5.97. The van der Waals surface area contributed by atoms with Crippen LogP contribution in [0.25, 0.3) is 0 Å². The van der Waals surface area contributed by atoms with E-state index < -0.39 is 0 Å². The molecule has 1 aromatic heterocycles. The summed E-state index contributed by atoms with van der Waals surface area (Å²) in [6.07, 6.45) is 1.81. The Kier molecular flexibility index (Phi) is 2.33. The van der Waals surface area contributed by atoms with Crippen LogP contribution in [0.15, 0.2) is 35.8 Å². The van der Waals surface area contributed by atoms with Crippen LogP contribution in [0.5, 0.6) is 5.75 Å². The summed E-state index contributed by atoms with van der Waals surface area (Å²) in [6, 6.07) is 8.31. The normalized spacial score (nSPS) is 20.7. The van der Waals surface area contributed by atoms with Gasteiger partial charge in [0.15, 0.2) is 5.13 Å². The van der Waals surface area contributed by atoms with Gasteiger partial charge in [-0.1, -0.05) is 18.2 Å². The Labute approximate surface area is 104 Å². The first-order valence-electron chi connectivity index (χ1n) is 5.61. The molecule has 0 fully saturated rings. The van der Waals surface area contributed by atoms with E-state index in [1.807, 2.05) is 29.8 Å². The van der Waals surface area contributed by atoms with Crippen molar-refractivity contribution in [1.29, 1.82) is 0 Å². The zero-order valence-corrected chi connectivity index (χ0v) is 10.6. The zero-order chi connectivity index (χ0) is 11.9. The van der Waals surface area contributed by atoms with Gasteiger partial charge in [0.05, 0.1) is 6.04 Å². The first kappa shape index (κ1) is 10.6. The fraction of sp³-hybridized carbons (Fsp3) is 0.308. The van der Waals surface area contributed by atoms with Crippen LogP contribution in [0.2, 0.25) is 0 Å². The van der Waals surface area contributed by atoms with Crippen LogP contribution < -0.4 is 10.1 Å². The Morgan fingerprint density at radius 3 is 2.94 bits per heavy atom. The van der Waals surface area contributed by atoms with Crippen LogP contribution in [0, 0.1) is 0 Å². The number of nitrogens with zero attached hydrogens (tertiary/aromatic N) is 1. The lowest BCUT2D eigenvalue weighted by Gasteiger charge is -2.26. The number of fused-ring (bicyclic) bond motifs is 1. The number of hydrogen-bond donors (Lipinski definition) is 1. The number of aromatic nitrogens is 1. The van der Waals surface area contributed by atoms with Crippen molar-refractivity contribution < 1.29 is 4.74 Å². The zero-order valence-electron chi connectivity index (χ0n) is 9.81. The average molecular weight is 246 g/mol. The lowest BCUT2D eigenvalue weighted by atomic mass is 9.95. The number of hydrogen-bond acceptors (Lipinski definition) is 4. The minimum atomic E-state index is -0.255. The highest BCUT2D eigenvalue weighted by Crippen LogP contribution is 2.44. The highest BCUT2D eigenvalue weighted by Gasteiger charge is 2.41. The number of anilines is 1. The molecular formula is C13H14N2OS. The molecule has 1 atom stereocenters. The third-order valence-corrected chi connectivity index (χ3v) is 3.70. The standard InChI is InChI=1S/C13H14N2OS/c1-13(2)11(15-12-14-7-8-17-12)9-5-3-4-6-10(9)16-13/h3-8,11H,1-2H3,(H,14,15). The monoisotopic (exact) mass is 246 g/mol. The molecule has 0 saturated carbocycles. The molecule has 0 spiro atoms. The van der Waals surface area contributed by atoms with E-state index in [2.05, 4.69) is 30.2 Å². The Hall–Kier alpha value is -1.55. The molecule has 1 N–H and O–H groups in total. The third-order valence-electron chi connectivity index (χ3n) is 3.00. The molecule has 1 unspecified atom stereocenters. The highest BCUT2D eigenvalue weighted by molar-refractivity contribution is 7.13. The smallest absolute Gasteiger partial charge is 0.183 e. The van der Waals surface area contributed by atoms with Crippen LogP contribution in [0.3, 0.4) is 0 Å². The first-order valence-corrected chi connectivity index (χ1v) is 6.49. The van der Waals surface area contributed by atoms with Crippen molar-refractivity contribution in [2.75, 3.05) is 5.32 Å². The summed E-state index contributed by atoms with van der Waals surface area (Å²) in [7, 11) is 0. The molecule has 0 saturated heterocycles. The van der Waals surface area contributed by atoms with Gasteiger partial charge in [0.25, 0.3) is 0 Å². The van der Waals surface area contributed by atoms with Gasteiger partial charge < -0.3 is 10.1 Å². The van der Waals surface area contributed by atoms with E-state index in [0.29, 0.717) is 0 Å². The van der Waals surface area contributed by atoms with Crippen molar-refractivity contribution in [3.8, 4) is 5.75 Å². The molecule has 0 bridgehead atoms. The van der Waals surface area contributed by atoms with Crippen molar-refractivity contribution in [3.05, 3.63) is 41.4 Å². The Balaban J connectivity index is 1.97. The number of rotatable bonds is 2. The SMILES string of the molecule is CC1(C)Oc2ccccc2C1Nc1nccs1. The third kappa shape index (κ3) is 1.78. The lowest BCUT2D eigenvalue weighted by molar-refractivity contribution is 0.118. The molecule has 17 heavy (non-hydrogen) atoms. The van der Waals surface area contributed by atoms with Gasteiger partial charge in [-0.05, 0) is 19.9 Å². The number of ether oxygens (including phenoxy) is 1. The van der Waals surface area contributed by atoms with E-state index in [-0.39, 0.29) is 11.6 Å². The maximum absolute atomic E-state index is 5.97. The fourth-order valence-corrected chi connectivity index (χ4v) is 2.76. The van der Waals surface area contributed by atoms with E-state index in [1.165, 1.54) is 5.56 Å². The van der Waals surface area contributed by atoms with E-state index in [1.54, 1.807) is 11.3 Å². The van der Waals surface area contributed by atoms with Gasteiger partial charge in [-0.3, -0.25) is 0 Å². The van der Waals surface area contributed by atoms with Crippen molar-refractivity contribution in [2.45, 2.75) is 25.5 Å². The number of benzene rings is 1. The summed E-state index contributed by atoms with van der Waals surface area (Å²) in [5, 5.41) is 6.35. The molecule has 4 heteroatoms. The predicted molar refractivity (Wildman–Crippen MR) is 69.6 cm³/mol. The van der Waals surface area contributed by atoms with Gasteiger partial charge >= 0.3 is 0 Å². The van der Waals surface area contributed by atoms with Crippen LogP contribution >= 0.6 is 11.3 Å². The Bertz CT molecular complexity index is 522. The molecule has 3 rings (SSSR count). The Morgan fingerprint density at radius 2 is 2.18 bits per heavy atom. The molecule has 3 nitrogen and oxygen atoms in total. The maximum Gasteiger partial charge on any atom is 0.183 e. The van der Waals surface area contributed by atoms with Gasteiger partial charge in [0.2, 0.25) is 0 Å². The van der Waals surface area contributed by atoms with E-state index in [4.69, 9.17) is 4.74 Å². The molecular weight excluding hydrogens is 232 g/mol. The van der Waals surface area contributed by atoms with E-state index in [9.17, 15) is 0 Å². The van der Waals surface area contributed by atoms with Crippen LogP contribution in [0.1, 0.15) is 25.5 Å². The molecule has 0 aliphatic carbocycles. The van der Waals surface area contributed by atoms with Gasteiger partial charge in [0, 0.05) is 17.1 Å². The number of thiazole rings is 1. The second-order valence-electron chi connectivity index (χ2n) is 4.66. The summed E-state index contributed by atoms with van der Waals surface area (Å²) in [5.41, 5.74) is 0.947. The molecule has 2 aromatic rings. The number of para-hydroxylation sites is 1. The molecule has 2 heterocycles. The largest absolute Gasteiger partial charge is 0.485 e. The lowest BCUT2D eigenvalue weighted by Crippen LogP contribution is -2.34. The van der Waals surface area contributed by atoms with E-state index >= 15 is 0 Å². The topological polar surface area (TPSA) is 34.1 Å². The fourth-order valence-electron chi connectivity index (χ4n) is 2.20. The minimum Gasteiger partial charge on any atom is -0.485 e. The predicted octanol–water partition coefficient (Wildman–Crippen LogP) is 3.47. The summed E-state index contributed by atoms with van der Waals surface area (Å²) in [4.78, 5) is 4.27. The van der Waals surface area contributed by atoms with Crippen LogP contribution in [-0.4, -0.2) is 10.6 Å². The summed E-state index contributed by atoms with van der Waals surface area (Å²) >= 11 is 1.61. The van der Waals surface area contributed by atoms with Crippen LogP contribution in [0.4, 0.5) is 5.13 Å². The second kappa shape index (κ2) is 3.74. The highest BCUT2D eigenvalue weighted by atomic mass is 32.1. The Morgan fingerprint density at radius 1 is 1.35 bits per heavy atom. The summed E-state index contributed by atoms with van der Waals surface area (Å²) in [5.74, 6) is 0.964. The van der Waals surface area contributed by atoms with Gasteiger partial charge in [-0.2, -0.15) is 0 Å². The molecule has 1 aromatic carbocycles. The van der Waals surface area contributed by atoms with Crippen molar-refractivity contribution in [1.82, 2.24) is 4.98 Å². The second-order valence-corrected chi connectivity index (χ2v) is 5.55. The van der Waals surface area contributed by atoms with Gasteiger partial charge in [-0.15, -0.1) is 11.3 Å². The summed E-state index contributed by atoms with van der Waals surface area (Å²) < 4.78 is 5.97.